The number of hydrogen-bond donors (Lipinski definition) is 0. The maximum atomic E-state index is 13.0. The molecule has 35 heavy (non-hydrogen) atoms. The number of hydrogen-bond acceptors (Lipinski definition) is 5. The van der Waals surface area contributed by atoms with Crippen molar-refractivity contribution in [2.75, 3.05) is 5.75 Å². The summed E-state index contributed by atoms with van der Waals surface area (Å²) < 4.78 is 7.62. The first-order chi connectivity index (χ1) is 16.9. The minimum absolute atomic E-state index is 0.0596. The Morgan fingerprint density at radius 2 is 1.69 bits per heavy atom. The summed E-state index contributed by atoms with van der Waals surface area (Å²) in [5, 5.41) is 11.8. The molecular formula is C29H27N3O2S. The lowest BCUT2D eigenvalue weighted by Crippen LogP contribution is -2.10. The van der Waals surface area contributed by atoms with E-state index < -0.39 is 0 Å². The van der Waals surface area contributed by atoms with Crippen LogP contribution in [-0.4, -0.2) is 26.3 Å². The van der Waals surface area contributed by atoms with Crippen molar-refractivity contribution in [1.82, 2.24) is 14.8 Å². The Bertz CT molecular complexity index is 1460. The van der Waals surface area contributed by atoms with Crippen LogP contribution in [0, 0.1) is 0 Å². The summed E-state index contributed by atoms with van der Waals surface area (Å²) >= 11 is 1.40. The largest absolute Gasteiger partial charge is 0.467 e. The van der Waals surface area contributed by atoms with Crippen molar-refractivity contribution in [3.8, 4) is 11.4 Å². The van der Waals surface area contributed by atoms with Gasteiger partial charge in [0, 0.05) is 11.1 Å². The molecule has 6 heteroatoms. The average molecular weight is 482 g/mol. The maximum Gasteiger partial charge on any atom is 0.192 e. The molecule has 0 unspecified atom stereocenters. The van der Waals surface area contributed by atoms with Crippen LogP contribution in [0.3, 0.4) is 0 Å². The van der Waals surface area contributed by atoms with Crippen LogP contribution < -0.4 is 0 Å². The Balaban J connectivity index is 1.41. The van der Waals surface area contributed by atoms with E-state index in [9.17, 15) is 4.79 Å². The number of carbonyl (C=O) groups is 1. The quantitative estimate of drug-likeness (QED) is 0.185. The van der Waals surface area contributed by atoms with Gasteiger partial charge in [-0.05, 0) is 39.9 Å². The van der Waals surface area contributed by atoms with Crippen molar-refractivity contribution in [3.63, 3.8) is 0 Å². The molecule has 5 rings (SSSR count). The van der Waals surface area contributed by atoms with E-state index in [-0.39, 0.29) is 17.0 Å². The summed E-state index contributed by atoms with van der Waals surface area (Å²) in [6, 6.07) is 26.1. The van der Waals surface area contributed by atoms with Crippen LogP contribution in [0.25, 0.3) is 22.2 Å². The Kier molecular flexibility index (Phi) is 6.31. The van der Waals surface area contributed by atoms with Gasteiger partial charge in [-0.2, -0.15) is 0 Å². The van der Waals surface area contributed by atoms with Crippen LogP contribution >= 0.6 is 11.8 Å². The fourth-order valence-corrected chi connectivity index (χ4v) is 4.84. The second-order valence-electron chi connectivity index (χ2n) is 9.57. The number of fused-ring (bicyclic) bond motifs is 1. The van der Waals surface area contributed by atoms with Crippen LogP contribution in [0.4, 0.5) is 0 Å². The van der Waals surface area contributed by atoms with Gasteiger partial charge in [-0.25, -0.2) is 0 Å². The second-order valence-corrected chi connectivity index (χ2v) is 10.5. The van der Waals surface area contributed by atoms with Gasteiger partial charge < -0.3 is 4.42 Å². The smallest absolute Gasteiger partial charge is 0.192 e. The van der Waals surface area contributed by atoms with Crippen molar-refractivity contribution in [3.05, 3.63) is 102 Å². The lowest BCUT2D eigenvalue weighted by atomic mass is 9.87. The molecule has 2 heterocycles. The number of rotatable bonds is 7. The molecule has 2 aromatic heterocycles. The molecule has 0 bridgehead atoms. The number of furan rings is 1. The molecule has 0 spiro atoms. The summed E-state index contributed by atoms with van der Waals surface area (Å²) in [7, 11) is 0. The van der Waals surface area contributed by atoms with Crippen molar-refractivity contribution in [1.29, 1.82) is 0 Å². The molecule has 0 aliphatic rings. The third kappa shape index (κ3) is 5.08. The highest BCUT2D eigenvalue weighted by atomic mass is 32.2. The predicted molar refractivity (Wildman–Crippen MR) is 141 cm³/mol. The highest BCUT2D eigenvalue weighted by Gasteiger charge is 2.19. The van der Waals surface area contributed by atoms with E-state index in [0.29, 0.717) is 17.3 Å². The molecule has 0 radical (unpaired) electrons. The van der Waals surface area contributed by atoms with E-state index in [2.05, 4.69) is 55.2 Å². The zero-order valence-electron chi connectivity index (χ0n) is 20.1. The van der Waals surface area contributed by atoms with Gasteiger partial charge in [-0.1, -0.05) is 93.2 Å². The number of Topliss-reactive ketones (excluding diaryl/α,β-unsaturated/α-hetero) is 1. The molecule has 5 nitrogen and oxygen atoms in total. The van der Waals surface area contributed by atoms with Gasteiger partial charge in [-0.3, -0.25) is 9.36 Å². The van der Waals surface area contributed by atoms with Gasteiger partial charge in [0.1, 0.15) is 5.76 Å². The Morgan fingerprint density at radius 1 is 0.914 bits per heavy atom. The fraction of sp³-hybridized carbons (Fsp3) is 0.207. The molecule has 0 aliphatic heterocycles. The SMILES string of the molecule is CC(C)(C)c1ccc(-c2nnc(SCC(=O)c3ccc4ccccc4c3)n2Cc2ccco2)cc1. The van der Waals surface area contributed by atoms with Crippen molar-refractivity contribution < 1.29 is 9.21 Å². The van der Waals surface area contributed by atoms with E-state index in [0.717, 1.165) is 27.9 Å². The molecule has 0 fully saturated rings. The highest BCUT2D eigenvalue weighted by molar-refractivity contribution is 7.99. The number of carbonyl (C=O) groups excluding carboxylic acids is 1. The van der Waals surface area contributed by atoms with E-state index in [1.807, 2.05) is 59.2 Å². The molecule has 3 aromatic carbocycles. The Labute approximate surface area is 209 Å². The predicted octanol–water partition coefficient (Wildman–Crippen LogP) is 7.01. The summed E-state index contributed by atoms with van der Waals surface area (Å²) in [5.74, 6) is 1.89. The number of aromatic nitrogens is 3. The first-order valence-corrected chi connectivity index (χ1v) is 12.6. The lowest BCUT2D eigenvalue weighted by Gasteiger charge is -2.19. The minimum Gasteiger partial charge on any atom is -0.467 e. The van der Waals surface area contributed by atoms with Gasteiger partial charge in [-0.15, -0.1) is 10.2 Å². The molecule has 0 saturated heterocycles. The zero-order valence-corrected chi connectivity index (χ0v) is 20.9. The van der Waals surface area contributed by atoms with E-state index >= 15 is 0 Å². The monoisotopic (exact) mass is 481 g/mol. The van der Waals surface area contributed by atoms with Crippen LogP contribution in [-0.2, 0) is 12.0 Å². The maximum absolute atomic E-state index is 13.0. The summed E-state index contributed by atoms with van der Waals surface area (Å²) in [4.78, 5) is 13.0. The van der Waals surface area contributed by atoms with Gasteiger partial charge in [0.2, 0.25) is 0 Å². The number of benzene rings is 3. The molecule has 5 aromatic rings. The average Bonchev–Trinajstić information content (AvgIpc) is 3.52. The summed E-state index contributed by atoms with van der Waals surface area (Å²) in [5.41, 5.74) is 3.01. The fourth-order valence-electron chi connectivity index (χ4n) is 4.01. The standard InChI is InChI=1S/C29H27N3O2S/c1-29(2,3)24-14-12-21(13-15-24)27-30-31-28(32(27)18-25-9-6-16-34-25)35-19-26(33)23-11-10-20-7-4-5-8-22(20)17-23/h4-17H,18-19H2,1-3H3. The number of thioether (sulfide) groups is 1. The second kappa shape index (κ2) is 9.55. The highest BCUT2D eigenvalue weighted by Crippen LogP contribution is 2.29. The van der Waals surface area contributed by atoms with Gasteiger partial charge in [0.15, 0.2) is 16.8 Å². The number of nitrogens with zero attached hydrogens (tertiary/aromatic N) is 3. The third-order valence-electron chi connectivity index (χ3n) is 6.02. The molecular weight excluding hydrogens is 454 g/mol. The van der Waals surface area contributed by atoms with E-state index in [1.54, 1.807) is 6.26 Å². The van der Waals surface area contributed by atoms with Gasteiger partial charge >= 0.3 is 0 Å². The summed E-state index contributed by atoms with van der Waals surface area (Å²) in [6.07, 6.45) is 1.66. The molecule has 176 valence electrons. The molecule has 0 amide bonds. The lowest BCUT2D eigenvalue weighted by molar-refractivity contribution is 0.102. The van der Waals surface area contributed by atoms with Crippen molar-refractivity contribution in [2.45, 2.75) is 37.9 Å². The van der Waals surface area contributed by atoms with Gasteiger partial charge in [0.25, 0.3) is 0 Å². The van der Waals surface area contributed by atoms with Gasteiger partial charge in [0.05, 0.1) is 18.6 Å². The van der Waals surface area contributed by atoms with Crippen LogP contribution in [0.5, 0.6) is 0 Å². The first kappa shape index (κ1) is 23.1. The van der Waals surface area contributed by atoms with Crippen molar-refractivity contribution >= 4 is 28.3 Å². The van der Waals surface area contributed by atoms with E-state index in [4.69, 9.17) is 4.42 Å². The molecule has 0 atom stereocenters. The van der Waals surface area contributed by atoms with Crippen molar-refractivity contribution in [2.24, 2.45) is 0 Å². The van der Waals surface area contributed by atoms with E-state index in [1.165, 1.54) is 17.3 Å². The Morgan fingerprint density at radius 3 is 2.40 bits per heavy atom. The first-order valence-electron chi connectivity index (χ1n) is 11.6. The third-order valence-corrected chi connectivity index (χ3v) is 6.99. The van der Waals surface area contributed by atoms with Crippen LogP contribution in [0.15, 0.2) is 94.7 Å². The van der Waals surface area contributed by atoms with Crippen LogP contribution in [0.1, 0.15) is 42.5 Å². The topological polar surface area (TPSA) is 60.9 Å². The minimum atomic E-state index is 0.0596. The number of ketones is 1. The molecule has 0 aliphatic carbocycles. The summed E-state index contributed by atoms with van der Waals surface area (Å²) in [6.45, 7) is 7.08. The normalized spacial score (nSPS) is 11.7. The zero-order chi connectivity index (χ0) is 24.4. The molecule has 0 saturated carbocycles. The molecule has 0 N–H and O–H groups in total. The Hall–Kier alpha value is -3.64. The van der Waals surface area contributed by atoms with Crippen LogP contribution in [0.2, 0.25) is 0 Å².